The Morgan fingerprint density at radius 1 is 1.47 bits per heavy atom. The second-order valence-electron chi connectivity index (χ2n) is 4.34. The molecule has 2 N–H and O–H groups in total. The van der Waals surface area contributed by atoms with Crippen molar-refractivity contribution in [2.24, 2.45) is 11.7 Å². The summed E-state index contributed by atoms with van der Waals surface area (Å²) in [6.45, 7) is 6.23. The molecule has 2 atom stereocenters. The highest BCUT2D eigenvalue weighted by Crippen LogP contribution is 2.27. The first-order chi connectivity index (χ1) is 8.13. The van der Waals surface area contributed by atoms with Crippen molar-refractivity contribution in [3.8, 4) is 11.4 Å². The SMILES string of the molecule is CCC(C)[C@H](N)c1nc(-c2cscc2C)no1. The van der Waals surface area contributed by atoms with Crippen LogP contribution in [0.2, 0.25) is 0 Å². The van der Waals surface area contributed by atoms with Gasteiger partial charge in [-0.3, -0.25) is 0 Å². The normalized spacial score (nSPS) is 14.8. The lowest BCUT2D eigenvalue weighted by Gasteiger charge is -2.12. The van der Waals surface area contributed by atoms with Gasteiger partial charge in [-0.1, -0.05) is 25.4 Å². The standard InChI is InChI=1S/C12H17N3OS/c1-4-7(2)10(13)12-14-11(15-16-12)9-6-17-5-8(9)3/h5-7,10H,4,13H2,1-3H3/t7?,10-/m0/s1. The second kappa shape index (κ2) is 4.98. The summed E-state index contributed by atoms with van der Waals surface area (Å²) in [7, 11) is 0. The molecule has 0 aromatic carbocycles. The Balaban J connectivity index is 2.25. The highest BCUT2D eigenvalue weighted by Gasteiger charge is 2.21. The Hall–Kier alpha value is -1.20. The van der Waals surface area contributed by atoms with Gasteiger partial charge in [0.05, 0.1) is 6.04 Å². The number of aryl methyl sites for hydroxylation is 1. The summed E-state index contributed by atoms with van der Waals surface area (Å²) >= 11 is 1.64. The van der Waals surface area contributed by atoms with Crippen molar-refractivity contribution >= 4 is 11.3 Å². The monoisotopic (exact) mass is 251 g/mol. The molecule has 17 heavy (non-hydrogen) atoms. The van der Waals surface area contributed by atoms with Gasteiger partial charge in [-0.25, -0.2) is 0 Å². The van der Waals surface area contributed by atoms with Crippen molar-refractivity contribution in [3.63, 3.8) is 0 Å². The molecule has 0 saturated heterocycles. The Labute approximate surface area is 105 Å². The van der Waals surface area contributed by atoms with Crippen molar-refractivity contribution in [3.05, 3.63) is 22.2 Å². The lowest BCUT2D eigenvalue weighted by Crippen LogP contribution is -2.18. The molecule has 0 amide bonds. The molecule has 4 nitrogen and oxygen atoms in total. The minimum Gasteiger partial charge on any atom is -0.337 e. The van der Waals surface area contributed by atoms with Crippen LogP contribution in [0.1, 0.15) is 37.8 Å². The summed E-state index contributed by atoms with van der Waals surface area (Å²) in [5, 5.41) is 8.09. The van der Waals surface area contributed by atoms with Gasteiger partial charge in [-0.2, -0.15) is 16.3 Å². The van der Waals surface area contributed by atoms with Gasteiger partial charge in [0.25, 0.3) is 0 Å². The average molecular weight is 251 g/mol. The summed E-state index contributed by atoms with van der Waals surface area (Å²) in [4.78, 5) is 4.39. The maximum atomic E-state index is 6.06. The maximum Gasteiger partial charge on any atom is 0.244 e. The zero-order valence-corrected chi connectivity index (χ0v) is 11.1. The van der Waals surface area contributed by atoms with Gasteiger partial charge in [0.1, 0.15) is 0 Å². The maximum absolute atomic E-state index is 6.06. The van der Waals surface area contributed by atoms with E-state index in [1.54, 1.807) is 11.3 Å². The van der Waals surface area contributed by atoms with Gasteiger partial charge in [0.15, 0.2) is 0 Å². The molecule has 2 aromatic rings. The molecule has 0 saturated carbocycles. The smallest absolute Gasteiger partial charge is 0.244 e. The quantitative estimate of drug-likeness (QED) is 0.906. The molecule has 2 aromatic heterocycles. The average Bonchev–Trinajstić information content (AvgIpc) is 2.95. The number of hydrogen-bond donors (Lipinski definition) is 1. The molecule has 0 fully saturated rings. The van der Waals surface area contributed by atoms with Crippen LogP contribution in [-0.2, 0) is 0 Å². The van der Waals surface area contributed by atoms with Gasteiger partial charge < -0.3 is 10.3 Å². The van der Waals surface area contributed by atoms with E-state index < -0.39 is 0 Å². The molecule has 92 valence electrons. The highest BCUT2D eigenvalue weighted by molar-refractivity contribution is 7.08. The van der Waals surface area contributed by atoms with Crippen LogP contribution in [0, 0.1) is 12.8 Å². The summed E-state index contributed by atoms with van der Waals surface area (Å²) in [6.07, 6.45) is 0.996. The van der Waals surface area contributed by atoms with E-state index in [1.807, 2.05) is 12.3 Å². The third-order valence-electron chi connectivity index (χ3n) is 3.08. The van der Waals surface area contributed by atoms with E-state index in [-0.39, 0.29) is 6.04 Å². The summed E-state index contributed by atoms with van der Waals surface area (Å²) < 4.78 is 5.25. The zero-order valence-electron chi connectivity index (χ0n) is 10.3. The van der Waals surface area contributed by atoms with E-state index in [1.165, 1.54) is 5.56 Å². The van der Waals surface area contributed by atoms with Crippen LogP contribution in [-0.4, -0.2) is 10.1 Å². The van der Waals surface area contributed by atoms with Crippen molar-refractivity contribution in [2.75, 3.05) is 0 Å². The molecule has 2 heterocycles. The largest absolute Gasteiger partial charge is 0.337 e. The fourth-order valence-corrected chi connectivity index (χ4v) is 2.39. The zero-order chi connectivity index (χ0) is 12.4. The van der Waals surface area contributed by atoms with E-state index in [2.05, 4.69) is 29.4 Å². The minimum absolute atomic E-state index is 0.180. The van der Waals surface area contributed by atoms with E-state index in [4.69, 9.17) is 10.3 Å². The fourth-order valence-electron chi connectivity index (χ4n) is 1.57. The lowest BCUT2D eigenvalue weighted by molar-refractivity contribution is 0.312. The molecule has 1 unspecified atom stereocenters. The van der Waals surface area contributed by atoms with Gasteiger partial charge >= 0.3 is 0 Å². The molecule has 0 radical (unpaired) electrons. The highest BCUT2D eigenvalue weighted by atomic mass is 32.1. The van der Waals surface area contributed by atoms with Crippen molar-refractivity contribution < 1.29 is 4.52 Å². The van der Waals surface area contributed by atoms with Crippen molar-refractivity contribution in [2.45, 2.75) is 33.2 Å². The molecule has 0 aliphatic heterocycles. The lowest BCUT2D eigenvalue weighted by atomic mass is 10.0. The first-order valence-corrected chi connectivity index (χ1v) is 6.70. The van der Waals surface area contributed by atoms with Crippen LogP contribution in [0.5, 0.6) is 0 Å². The Morgan fingerprint density at radius 2 is 2.24 bits per heavy atom. The topological polar surface area (TPSA) is 64.9 Å². The van der Waals surface area contributed by atoms with E-state index in [9.17, 15) is 0 Å². The van der Waals surface area contributed by atoms with Gasteiger partial charge in [-0.15, -0.1) is 0 Å². The van der Waals surface area contributed by atoms with E-state index >= 15 is 0 Å². The predicted molar refractivity (Wildman–Crippen MR) is 68.7 cm³/mol. The third-order valence-corrected chi connectivity index (χ3v) is 3.94. The van der Waals surface area contributed by atoms with E-state index in [0.29, 0.717) is 17.6 Å². The number of aromatic nitrogens is 2. The van der Waals surface area contributed by atoms with Crippen LogP contribution in [0.25, 0.3) is 11.4 Å². The summed E-state index contributed by atoms with van der Waals surface area (Å²) in [5.41, 5.74) is 8.26. The summed E-state index contributed by atoms with van der Waals surface area (Å²) in [6, 6.07) is -0.180. The molecule has 0 aliphatic rings. The number of hydrogen-bond acceptors (Lipinski definition) is 5. The number of rotatable bonds is 4. The molecule has 2 rings (SSSR count). The van der Waals surface area contributed by atoms with Gasteiger partial charge in [0, 0.05) is 10.9 Å². The Morgan fingerprint density at radius 3 is 2.82 bits per heavy atom. The van der Waals surface area contributed by atoms with Crippen LogP contribution in [0.3, 0.4) is 0 Å². The van der Waals surface area contributed by atoms with Gasteiger partial charge in [0.2, 0.25) is 11.7 Å². The van der Waals surface area contributed by atoms with Crippen LogP contribution >= 0.6 is 11.3 Å². The second-order valence-corrected chi connectivity index (χ2v) is 5.08. The first-order valence-electron chi connectivity index (χ1n) is 5.75. The van der Waals surface area contributed by atoms with Crippen LogP contribution in [0.15, 0.2) is 15.3 Å². The number of thiophene rings is 1. The molecule has 5 heteroatoms. The predicted octanol–water partition coefficient (Wildman–Crippen LogP) is 3.15. The first kappa shape index (κ1) is 12.3. The summed E-state index contributed by atoms with van der Waals surface area (Å²) in [5.74, 6) is 1.50. The van der Waals surface area contributed by atoms with Crippen molar-refractivity contribution in [1.82, 2.24) is 10.1 Å². The van der Waals surface area contributed by atoms with Gasteiger partial charge in [-0.05, 0) is 23.8 Å². The van der Waals surface area contributed by atoms with E-state index in [0.717, 1.165) is 12.0 Å². The van der Waals surface area contributed by atoms with Crippen LogP contribution < -0.4 is 5.73 Å². The molecule has 0 spiro atoms. The third kappa shape index (κ3) is 2.40. The number of nitrogens with zero attached hydrogens (tertiary/aromatic N) is 2. The molecule has 0 bridgehead atoms. The molecular weight excluding hydrogens is 234 g/mol. The minimum atomic E-state index is -0.180. The van der Waals surface area contributed by atoms with Crippen LogP contribution in [0.4, 0.5) is 0 Å². The van der Waals surface area contributed by atoms with Crippen molar-refractivity contribution in [1.29, 1.82) is 0 Å². The Kier molecular flexibility index (Phi) is 3.59. The molecular formula is C12H17N3OS. The molecule has 0 aliphatic carbocycles. The number of nitrogens with two attached hydrogens (primary N) is 1. The fraction of sp³-hybridized carbons (Fsp3) is 0.500. The Bertz CT molecular complexity index is 491.